The predicted octanol–water partition coefficient (Wildman–Crippen LogP) is 3.32. The van der Waals surface area contributed by atoms with E-state index < -0.39 is 16.0 Å². The lowest BCUT2D eigenvalue weighted by Crippen LogP contribution is -2.14. The molecule has 0 aliphatic rings. The van der Waals surface area contributed by atoms with E-state index in [1.54, 1.807) is 31.2 Å². The first-order valence-corrected chi connectivity index (χ1v) is 8.34. The number of benzene rings is 2. The molecule has 0 radical (unpaired) electrons. The van der Waals surface area contributed by atoms with Gasteiger partial charge in [0.1, 0.15) is 4.90 Å². The molecule has 0 unspecified atom stereocenters. The molecule has 0 aliphatic carbocycles. The summed E-state index contributed by atoms with van der Waals surface area (Å²) in [5.74, 6) is -0.513. The maximum atomic E-state index is 12.3. The Kier molecular flexibility index (Phi) is 5.05. The van der Waals surface area contributed by atoms with Crippen molar-refractivity contribution in [2.75, 3.05) is 11.3 Å². The molecule has 0 aliphatic heterocycles. The highest BCUT2D eigenvalue weighted by Gasteiger charge is 2.18. The number of carbonyl (C=O) groups is 1. The van der Waals surface area contributed by atoms with Gasteiger partial charge in [0.15, 0.2) is 0 Å². The first-order valence-electron chi connectivity index (χ1n) is 6.48. The summed E-state index contributed by atoms with van der Waals surface area (Å²) in [6, 6.07) is 12.2. The van der Waals surface area contributed by atoms with Gasteiger partial charge in [-0.1, -0.05) is 29.8 Å². The molecule has 7 heteroatoms. The van der Waals surface area contributed by atoms with E-state index in [-0.39, 0.29) is 27.8 Å². The van der Waals surface area contributed by atoms with Gasteiger partial charge in [0.2, 0.25) is 0 Å². The summed E-state index contributed by atoms with van der Waals surface area (Å²) in [6.07, 6.45) is 0. The molecule has 2 aromatic rings. The van der Waals surface area contributed by atoms with Crippen LogP contribution in [0.3, 0.4) is 0 Å². The quantitative estimate of drug-likeness (QED) is 0.848. The zero-order valence-corrected chi connectivity index (χ0v) is 13.3. The maximum Gasteiger partial charge on any atom is 0.338 e. The fourth-order valence-electron chi connectivity index (χ4n) is 1.80. The Morgan fingerprint density at radius 2 is 1.91 bits per heavy atom. The number of hydrogen-bond acceptors (Lipinski definition) is 4. The van der Waals surface area contributed by atoms with Crippen LogP contribution in [-0.4, -0.2) is 21.0 Å². The van der Waals surface area contributed by atoms with E-state index in [4.69, 9.17) is 16.3 Å². The first-order chi connectivity index (χ1) is 10.4. The van der Waals surface area contributed by atoms with Gasteiger partial charge in [-0.05, 0) is 37.3 Å². The normalized spacial score (nSPS) is 11.0. The zero-order valence-electron chi connectivity index (χ0n) is 11.7. The van der Waals surface area contributed by atoms with Crippen molar-refractivity contribution in [1.82, 2.24) is 0 Å². The monoisotopic (exact) mass is 339 g/mol. The summed E-state index contributed by atoms with van der Waals surface area (Å²) < 4.78 is 31.9. The van der Waals surface area contributed by atoms with Crippen LogP contribution in [0.1, 0.15) is 17.3 Å². The van der Waals surface area contributed by atoms with Crippen LogP contribution in [0.4, 0.5) is 5.69 Å². The molecule has 22 heavy (non-hydrogen) atoms. The van der Waals surface area contributed by atoms with Crippen LogP contribution in [0.2, 0.25) is 5.02 Å². The minimum Gasteiger partial charge on any atom is -0.462 e. The highest BCUT2D eigenvalue weighted by molar-refractivity contribution is 7.92. The van der Waals surface area contributed by atoms with Crippen LogP contribution in [-0.2, 0) is 14.8 Å². The molecule has 0 saturated carbocycles. The molecular formula is C15H14ClNO4S. The second-order valence-electron chi connectivity index (χ2n) is 4.34. The molecule has 5 nitrogen and oxygen atoms in total. The second kappa shape index (κ2) is 6.81. The molecule has 0 heterocycles. The van der Waals surface area contributed by atoms with Crippen LogP contribution in [0.5, 0.6) is 0 Å². The van der Waals surface area contributed by atoms with Crippen molar-refractivity contribution >= 4 is 33.3 Å². The molecule has 116 valence electrons. The summed E-state index contributed by atoms with van der Waals surface area (Å²) in [5.41, 5.74) is 0.520. The number of rotatable bonds is 5. The number of sulfonamides is 1. The van der Waals surface area contributed by atoms with Crippen LogP contribution < -0.4 is 4.72 Å². The van der Waals surface area contributed by atoms with E-state index >= 15 is 0 Å². The molecule has 0 atom stereocenters. The standard InChI is InChI=1S/C15H14ClNO4S/c1-2-21-15(18)11-6-5-7-12(10-11)17-22(19,20)14-9-4-3-8-13(14)16/h3-10,17H,2H2,1H3. The maximum absolute atomic E-state index is 12.3. The number of esters is 1. The average molecular weight is 340 g/mol. The van der Waals surface area contributed by atoms with E-state index in [9.17, 15) is 13.2 Å². The third-order valence-corrected chi connectivity index (χ3v) is 4.63. The molecule has 0 fully saturated rings. The zero-order chi connectivity index (χ0) is 16.2. The molecule has 0 spiro atoms. The molecule has 1 N–H and O–H groups in total. The summed E-state index contributed by atoms with van der Waals surface area (Å²) >= 11 is 5.90. The Bertz CT molecular complexity index is 790. The third kappa shape index (κ3) is 3.78. The van der Waals surface area contributed by atoms with Crippen molar-refractivity contribution < 1.29 is 17.9 Å². The largest absolute Gasteiger partial charge is 0.462 e. The van der Waals surface area contributed by atoms with Crippen molar-refractivity contribution in [2.24, 2.45) is 0 Å². The lowest BCUT2D eigenvalue weighted by atomic mass is 10.2. The number of hydrogen-bond donors (Lipinski definition) is 1. The second-order valence-corrected chi connectivity index (χ2v) is 6.40. The van der Waals surface area contributed by atoms with Gasteiger partial charge in [-0.25, -0.2) is 13.2 Å². The molecule has 0 amide bonds. The fourth-order valence-corrected chi connectivity index (χ4v) is 3.37. The van der Waals surface area contributed by atoms with Crippen LogP contribution >= 0.6 is 11.6 Å². The van der Waals surface area contributed by atoms with Gasteiger partial charge in [-0.15, -0.1) is 0 Å². The van der Waals surface area contributed by atoms with Gasteiger partial charge in [0.25, 0.3) is 10.0 Å². The first kappa shape index (κ1) is 16.3. The Hall–Kier alpha value is -2.05. The summed E-state index contributed by atoms with van der Waals surface area (Å²) in [5, 5.41) is 0.122. The number of anilines is 1. The Labute approximate surface area is 133 Å². The van der Waals surface area contributed by atoms with Crippen molar-refractivity contribution in [3.63, 3.8) is 0 Å². The molecule has 2 rings (SSSR count). The fraction of sp³-hybridized carbons (Fsp3) is 0.133. The smallest absolute Gasteiger partial charge is 0.338 e. The van der Waals surface area contributed by atoms with E-state index in [0.29, 0.717) is 0 Å². The third-order valence-electron chi connectivity index (χ3n) is 2.75. The van der Waals surface area contributed by atoms with Gasteiger partial charge in [-0.3, -0.25) is 4.72 Å². The van der Waals surface area contributed by atoms with Crippen molar-refractivity contribution in [2.45, 2.75) is 11.8 Å². The highest BCUT2D eigenvalue weighted by Crippen LogP contribution is 2.23. The lowest BCUT2D eigenvalue weighted by Gasteiger charge is -2.10. The van der Waals surface area contributed by atoms with E-state index in [1.165, 1.54) is 24.3 Å². The SMILES string of the molecule is CCOC(=O)c1cccc(NS(=O)(=O)c2ccccc2Cl)c1. The highest BCUT2D eigenvalue weighted by atomic mass is 35.5. The van der Waals surface area contributed by atoms with Gasteiger partial charge in [-0.2, -0.15) is 0 Å². The summed E-state index contributed by atoms with van der Waals surface area (Å²) in [4.78, 5) is 11.6. The van der Waals surface area contributed by atoms with E-state index in [0.717, 1.165) is 0 Å². The van der Waals surface area contributed by atoms with Crippen LogP contribution in [0.15, 0.2) is 53.4 Å². The molecule has 2 aromatic carbocycles. The molecular weight excluding hydrogens is 326 g/mol. The summed E-state index contributed by atoms with van der Waals surface area (Å²) in [7, 11) is -3.83. The van der Waals surface area contributed by atoms with Crippen molar-refractivity contribution in [1.29, 1.82) is 0 Å². The number of carbonyl (C=O) groups excluding carboxylic acids is 1. The number of halogens is 1. The van der Waals surface area contributed by atoms with E-state index in [2.05, 4.69) is 4.72 Å². The minimum atomic E-state index is -3.83. The average Bonchev–Trinajstić information content (AvgIpc) is 2.47. The minimum absolute atomic E-state index is 0.0294. The molecule has 0 aromatic heterocycles. The van der Waals surface area contributed by atoms with Crippen LogP contribution in [0, 0.1) is 0 Å². The Morgan fingerprint density at radius 3 is 2.59 bits per heavy atom. The van der Waals surface area contributed by atoms with Gasteiger partial charge < -0.3 is 4.74 Å². The van der Waals surface area contributed by atoms with Crippen LogP contribution in [0.25, 0.3) is 0 Å². The topological polar surface area (TPSA) is 72.5 Å². The number of ether oxygens (including phenoxy) is 1. The number of nitrogens with one attached hydrogen (secondary N) is 1. The van der Waals surface area contributed by atoms with Gasteiger partial charge >= 0.3 is 5.97 Å². The van der Waals surface area contributed by atoms with Gasteiger partial charge in [0.05, 0.1) is 17.2 Å². The van der Waals surface area contributed by atoms with Gasteiger partial charge in [0, 0.05) is 5.69 Å². The Balaban J connectivity index is 2.29. The van der Waals surface area contributed by atoms with Crippen molar-refractivity contribution in [3.8, 4) is 0 Å². The predicted molar refractivity (Wildman–Crippen MR) is 84.7 cm³/mol. The molecule has 0 bridgehead atoms. The van der Waals surface area contributed by atoms with Crippen molar-refractivity contribution in [3.05, 3.63) is 59.1 Å². The summed E-state index contributed by atoms with van der Waals surface area (Å²) in [6.45, 7) is 1.94. The van der Waals surface area contributed by atoms with E-state index in [1.807, 2.05) is 0 Å². The Morgan fingerprint density at radius 1 is 1.18 bits per heavy atom. The lowest BCUT2D eigenvalue weighted by molar-refractivity contribution is 0.0526. The molecule has 0 saturated heterocycles.